The van der Waals surface area contributed by atoms with Crippen molar-refractivity contribution in [1.82, 2.24) is 0 Å². The maximum absolute atomic E-state index is 12.1. The summed E-state index contributed by atoms with van der Waals surface area (Å²) >= 11 is 0. The molecule has 0 saturated carbocycles. The first-order chi connectivity index (χ1) is 9.85. The molecule has 0 amide bonds. The van der Waals surface area contributed by atoms with E-state index in [0.29, 0.717) is 6.61 Å². The van der Waals surface area contributed by atoms with E-state index in [9.17, 15) is 14.9 Å². The number of hydrogen-bond acceptors (Lipinski definition) is 6. The zero-order valence-corrected chi connectivity index (χ0v) is 12.1. The van der Waals surface area contributed by atoms with Gasteiger partial charge in [-0.1, -0.05) is 13.8 Å². The van der Waals surface area contributed by atoms with Gasteiger partial charge in [-0.05, 0) is 12.1 Å². The van der Waals surface area contributed by atoms with Gasteiger partial charge in [0.25, 0.3) is 5.69 Å². The number of esters is 1. The maximum Gasteiger partial charge on any atom is 0.338 e. The molecule has 1 aliphatic rings. The summed E-state index contributed by atoms with van der Waals surface area (Å²) in [4.78, 5) is 22.2. The molecular formula is C14H17NO6. The number of methoxy groups -OCH3 is 1. The molecule has 7 heteroatoms. The van der Waals surface area contributed by atoms with Gasteiger partial charge in [0.05, 0.1) is 17.1 Å². The van der Waals surface area contributed by atoms with E-state index in [4.69, 9.17) is 14.2 Å². The molecule has 1 saturated heterocycles. The molecular weight excluding hydrogens is 278 g/mol. The monoisotopic (exact) mass is 295 g/mol. The van der Waals surface area contributed by atoms with Crippen LogP contribution >= 0.6 is 0 Å². The highest BCUT2D eigenvalue weighted by Crippen LogP contribution is 2.35. The highest BCUT2D eigenvalue weighted by atomic mass is 16.7. The molecule has 1 aliphatic heterocycles. The summed E-state index contributed by atoms with van der Waals surface area (Å²) in [5.74, 6) is -0.560. The molecule has 7 nitrogen and oxygen atoms in total. The fourth-order valence-corrected chi connectivity index (χ4v) is 2.14. The minimum Gasteiger partial charge on any atom is -0.453 e. The number of nitro benzene ring substituents is 1. The fraction of sp³-hybridized carbons (Fsp3) is 0.500. The van der Waals surface area contributed by atoms with Crippen LogP contribution in [0.15, 0.2) is 24.3 Å². The largest absolute Gasteiger partial charge is 0.453 e. The van der Waals surface area contributed by atoms with Crippen LogP contribution in [0, 0.1) is 15.5 Å². The number of carbonyl (C=O) groups excluding carboxylic acids is 1. The van der Waals surface area contributed by atoms with E-state index in [1.54, 1.807) is 0 Å². The van der Waals surface area contributed by atoms with Crippen molar-refractivity contribution in [3.8, 4) is 0 Å². The van der Waals surface area contributed by atoms with Crippen molar-refractivity contribution in [2.45, 2.75) is 26.2 Å². The number of nitrogens with zero attached hydrogens (tertiary/aromatic N) is 1. The van der Waals surface area contributed by atoms with E-state index in [0.717, 1.165) is 0 Å². The highest BCUT2D eigenvalue weighted by molar-refractivity contribution is 5.89. The first kappa shape index (κ1) is 15.4. The number of rotatable bonds is 4. The molecule has 0 radical (unpaired) electrons. The number of carbonyl (C=O) groups is 1. The average molecular weight is 295 g/mol. The van der Waals surface area contributed by atoms with Crippen LogP contribution in [-0.2, 0) is 14.2 Å². The van der Waals surface area contributed by atoms with Gasteiger partial charge in [-0.15, -0.1) is 0 Å². The average Bonchev–Trinajstić information content (AvgIpc) is 2.74. The van der Waals surface area contributed by atoms with E-state index < -0.39 is 23.3 Å². The van der Waals surface area contributed by atoms with Gasteiger partial charge in [-0.2, -0.15) is 0 Å². The van der Waals surface area contributed by atoms with Crippen LogP contribution < -0.4 is 0 Å². The van der Waals surface area contributed by atoms with E-state index >= 15 is 0 Å². The third-order valence-electron chi connectivity index (χ3n) is 3.42. The lowest BCUT2D eigenvalue weighted by molar-refractivity contribution is -0.384. The molecule has 0 bridgehead atoms. The molecule has 0 aliphatic carbocycles. The summed E-state index contributed by atoms with van der Waals surface area (Å²) in [5.41, 5.74) is -0.194. The van der Waals surface area contributed by atoms with Crippen molar-refractivity contribution in [1.29, 1.82) is 0 Å². The van der Waals surface area contributed by atoms with Crippen molar-refractivity contribution in [3.63, 3.8) is 0 Å². The predicted molar refractivity (Wildman–Crippen MR) is 72.8 cm³/mol. The lowest BCUT2D eigenvalue weighted by atomic mass is 9.89. The molecule has 0 N–H and O–H groups in total. The number of hydrogen-bond donors (Lipinski definition) is 0. The van der Waals surface area contributed by atoms with Gasteiger partial charge in [0, 0.05) is 24.7 Å². The Morgan fingerprint density at radius 1 is 1.38 bits per heavy atom. The van der Waals surface area contributed by atoms with Gasteiger partial charge < -0.3 is 14.2 Å². The number of non-ortho nitro benzene ring substituents is 1. The minimum atomic E-state index is -0.609. The number of nitro groups is 1. The van der Waals surface area contributed by atoms with Crippen LogP contribution in [0.3, 0.4) is 0 Å². The van der Waals surface area contributed by atoms with Crippen LogP contribution in [0.5, 0.6) is 0 Å². The maximum atomic E-state index is 12.1. The Balaban J connectivity index is 2.11. The van der Waals surface area contributed by atoms with Gasteiger partial charge in [-0.25, -0.2) is 4.79 Å². The van der Waals surface area contributed by atoms with E-state index in [1.807, 2.05) is 13.8 Å². The van der Waals surface area contributed by atoms with Gasteiger partial charge in [0.1, 0.15) is 0 Å². The summed E-state index contributed by atoms with van der Waals surface area (Å²) in [6, 6.07) is 5.26. The topological polar surface area (TPSA) is 87.9 Å². The lowest BCUT2D eigenvalue weighted by Gasteiger charge is -2.27. The molecule has 21 heavy (non-hydrogen) atoms. The second-order valence-corrected chi connectivity index (χ2v) is 5.53. The Hall–Kier alpha value is -1.99. The second-order valence-electron chi connectivity index (χ2n) is 5.53. The van der Waals surface area contributed by atoms with Crippen LogP contribution in [0.4, 0.5) is 5.69 Å². The molecule has 1 fully saturated rings. The van der Waals surface area contributed by atoms with Crippen LogP contribution in [0.25, 0.3) is 0 Å². The SMILES string of the molecule is CO[C@H]1OCC(C)(C)[C@@H]1OC(=O)c1ccc([N+](=O)[O-])cc1. The van der Waals surface area contributed by atoms with Gasteiger partial charge >= 0.3 is 5.97 Å². The van der Waals surface area contributed by atoms with Gasteiger partial charge in [-0.3, -0.25) is 10.1 Å². The smallest absolute Gasteiger partial charge is 0.338 e. The first-order valence-electron chi connectivity index (χ1n) is 6.45. The Labute approximate surface area is 122 Å². The molecule has 114 valence electrons. The van der Waals surface area contributed by atoms with Crippen molar-refractivity contribution in [3.05, 3.63) is 39.9 Å². The molecule has 0 spiro atoms. The summed E-state index contributed by atoms with van der Waals surface area (Å²) in [7, 11) is 1.48. The molecule has 1 aromatic rings. The lowest BCUT2D eigenvalue weighted by Crippen LogP contribution is -2.38. The third kappa shape index (κ3) is 3.20. The molecule has 2 atom stereocenters. The second kappa shape index (κ2) is 5.79. The van der Waals surface area contributed by atoms with Gasteiger partial charge in [0.2, 0.25) is 0 Å². The zero-order valence-electron chi connectivity index (χ0n) is 12.1. The fourth-order valence-electron chi connectivity index (χ4n) is 2.14. The number of benzene rings is 1. The van der Waals surface area contributed by atoms with Crippen LogP contribution in [0.2, 0.25) is 0 Å². The van der Waals surface area contributed by atoms with Crippen LogP contribution in [0.1, 0.15) is 24.2 Å². The highest BCUT2D eigenvalue weighted by Gasteiger charge is 2.46. The molecule has 2 rings (SSSR count). The molecule has 0 unspecified atom stereocenters. The summed E-state index contributed by atoms with van der Waals surface area (Å²) < 4.78 is 16.0. The van der Waals surface area contributed by atoms with E-state index in [1.165, 1.54) is 31.4 Å². The number of ether oxygens (including phenoxy) is 3. The quantitative estimate of drug-likeness (QED) is 0.480. The van der Waals surface area contributed by atoms with Crippen molar-refractivity contribution < 1.29 is 23.9 Å². The zero-order chi connectivity index (χ0) is 15.6. The predicted octanol–water partition coefficient (Wildman–Crippen LogP) is 2.15. The van der Waals surface area contributed by atoms with Gasteiger partial charge in [0.15, 0.2) is 12.4 Å². The van der Waals surface area contributed by atoms with E-state index in [-0.39, 0.29) is 16.7 Å². The van der Waals surface area contributed by atoms with Crippen molar-refractivity contribution in [2.24, 2.45) is 5.41 Å². The Morgan fingerprint density at radius 2 is 2.00 bits per heavy atom. The Kier molecular flexibility index (Phi) is 4.24. The van der Waals surface area contributed by atoms with E-state index in [2.05, 4.69) is 0 Å². The normalized spacial score (nSPS) is 23.8. The molecule has 1 aromatic carbocycles. The molecule has 0 aromatic heterocycles. The van der Waals surface area contributed by atoms with Crippen molar-refractivity contribution in [2.75, 3.05) is 13.7 Å². The Morgan fingerprint density at radius 3 is 2.52 bits per heavy atom. The molecule has 1 heterocycles. The minimum absolute atomic E-state index is 0.0779. The summed E-state index contributed by atoms with van der Waals surface area (Å²) in [6.45, 7) is 4.25. The third-order valence-corrected chi connectivity index (χ3v) is 3.42. The summed E-state index contributed by atoms with van der Waals surface area (Å²) in [5, 5.41) is 10.6. The standard InChI is InChI=1S/C14H17NO6/c1-14(2)8-20-13(19-3)11(14)21-12(16)9-4-6-10(7-5-9)15(17)18/h4-7,11,13H,8H2,1-3H3/t11-,13+/m1/s1. The Bertz CT molecular complexity index is 539. The summed E-state index contributed by atoms with van der Waals surface area (Å²) in [6.07, 6.45) is -1.15. The van der Waals surface area contributed by atoms with Crippen molar-refractivity contribution >= 4 is 11.7 Å². The first-order valence-corrected chi connectivity index (χ1v) is 6.45. The van der Waals surface area contributed by atoms with Crippen LogP contribution in [-0.4, -0.2) is 37.0 Å².